The normalized spacial score (nSPS) is 10.2. The SMILES string of the molecule is CN(O)C(=O)OCc1cccc(-n2[nH]nnc2=S)c1. The summed E-state index contributed by atoms with van der Waals surface area (Å²) >= 11 is 4.98. The van der Waals surface area contributed by atoms with Gasteiger partial charge in [0.1, 0.15) is 6.61 Å². The molecule has 0 saturated heterocycles. The number of hydrogen-bond acceptors (Lipinski definition) is 6. The molecular formula is C10H11N5O3S. The van der Waals surface area contributed by atoms with E-state index in [4.69, 9.17) is 22.2 Å². The Hall–Kier alpha value is -2.26. The van der Waals surface area contributed by atoms with Crippen LogP contribution in [-0.2, 0) is 11.3 Å². The topological polar surface area (TPSA) is 96.3 Å². The number of tetrazole rings is 1. The predicted octanol–water partition coefficient (Wildman–Crippen LogP) is 1.28. The molecule has 0 spiro atoms. The molecule has 0 aliphatic heterocycles. The third kappa shape index (κ3) is 3.14. The molecule has 1 heterocycles. The first-order valence-electron chi connectivity index (χ1n) is 5.26. The van der Waals surface area contributed by atoms with E-state index in [1.807, 2.05) is 0 Å². The standard InChI is InChI=1S/C10H11N5O3S/c1-14(17)10(16)18-6-7-3-2-4-8(5-7)15-9(19)11-12-13-15/h2-5,17H,6H2,1H3,(H,11,13,19). The Bertz CT molecular complexity index is 636. The first-order valence-corrected chi connectivity index (χ1v) is 5.67. The third-order valence-corrected chi connectivity index (χ3v) is 2.53. The van der Waals surface area contributed by atoms with Crippen molar-refractivity contribution in [3.8, 4) is 5.69 Å². The number of rotatable bonds is 3. The Balaban J connectivity index is 2.14. The predicted molar refractivity (Wildman–Crippen MR) is 66.3 cm³/mol. The zero-order valence-electron chi connectivity index (χ0n) is 9.98. The summed E-state index contributed by atoms with van der Waals surface area (Å²) in [6.45, 7) is 0.0342. The number of carbonyl (C=O) groups is 1. The lowest BCUT2D eigenvalue weighted by Crippen LogP contribution is -2.23. The van der Waals surface area contributed by atoms with Crippen molar-refractivity contribution in [3.05, 3.63) is 34.6 Å². The van der Waals surface area contributed by atoms with E-state index in [0.717, 1.165) is 11.3 Å². The summed E-state index contributed by atoms with van der Waals surface area (Å²) in [5.74, 6) is 0. The molecule has 0 bridgehead atoms. The van der Waals surface area contributed by atoms with E-state index in [9.17, 15) is 4.79 Å². The van der Waals surface area contributed by atoms with Crippen molar-refractivity contribution in [1.29, 1.82) is 0 Å². The number of amides is 1. The van der Waals surface area contributed by atoms with E-state index in [1.165, 1.54) is 11.7 Å². The van der Waals surface area contributed by atoms with Crippen LogP contribution in [0.5, 0.6) is 0 Å². The highest BCUT2D eigenvalue weighted by molar-refractivity contribution is 7.71. The van der Waals surface area contributed by atoms with Crippen molar-refractivity contribution < 1.29 is 14.7 Å². The second kappa shape index (κ2) is 5.59. The lowest BCUT2D eigenvalue weighted by Gasteiger charge is -2.10. The van der Waals surface area contributed by atoms with Gasteiger partial charge in [-0.1, -0.05) is 22.4 Å². The Morgan fingerprint density at radius 3 is 3.05 bits per heavy atom. The maximum atomic E-state index is 11.1. The molecule has 0 fully saturated rings. The van der Waals surface area contributed by atoms with Gasteiger partial charge in [0, 0.05) is 7.05 Å². The fraction of sp³-hybridized carbons (Fsp3) is 0.200. The summed E-state index contributed by atoms with van der Waals surface area (Å²) in [6, 6.07) is 7.13. The maximum Gasteiger partial charge on any atom is 0.433 e. The summed E-state index contributed by atoms with van der Waals surface area (Å²) < 4.78 is 6.66. The molecule has 0 radical (unpaired) electrons. The molecule has 2 aromatic rings. The van der Waals surface area contributed by atoms with Crippen LogP contribution in [0.2, 0.25) is 0 Å². The Labute approximate surface area is 113 Å². The fourth-order valence-electron chi connectivity index (χ4n) is 1.39. The smallest absolute Gasteiger partial charge is 0.433 e. The number of hydrogen-bond donors (Lipinski definition) is 2. The van der Waals surface area contributed by atoms with Crippen LogP contribution >= 0.6 is 12.2 Å². The van der Waals surface area contributed by atoms with Gasteiger partial charge in [0.25, 0.3) is 0 Å². The van der Waals surface area contributed by atoms with E-state index in [2.05, 4.69) is 15.5 Å². The van der Waals surface area contributed by atoms with Gasteiger partial charge in [-0.05, 0) is 29.9 Å². The monoisotopic (exact) mass is 281 g/mol. The highest BCUT2D eigenvalue weighted by Gasteiger charge is 2.07. The van der Waals surface area contributed by atoms with Gasteiger partial charge in [-0.2, -0.15) is 10.3 Å². The van der Waals surface area contributed by atoms with Crippen molar-refractivity contribution in [2.75, 3.05) is 7.05 Å². The minimum Gasteiger partial charge on any atom is -0.443 e. The molecular weight excluding hydrogens is 270 g/mol. The third-order valence-electron chi connectivity index (χ3n) is 2.27. The number of ether oxygens (including phenoxy) is 1. The van der Waals surface area contributed by atoms with E-state index < -0.39 is 6.09 Å². The zero-order chi connectivity index (χ0) is 13.8. The van der Waals surface area contributed by atoms with Gasteiger partial charge in [-0.25, -0.2) is 9.48 Å². The first-order chi connectivity index (χ1) is 9.08. The van der Waals surface area contributed by atoms with Crippen molar-refractivity contribution in [1.82, 2.24) is 25.3 Å². The van der Waals surface area contributed by atoms with E-state index in [-0.39, 0.29) is 6.61 Å². The Morgan fingerprint density at radius 2 is 2.42 bits per heavy atom. The Morgan fingerprint density at radius 1 is 1.63 bits per heavy atom. The molecule has 2 N–H and O–H groups in total. The molecule has 19 heavy (non-hydrogen) atoms. The lowest BCUT2D eigenvalue weighted by molar-refractivity contribution is -0.0551. The average Bonchev–Trinajstić information content (AvgIpc) is 2.82. The van der Waals surface area contributed by atoms with Gasteiger partial charge < -0.3 is 4.74 Å². The zero-order valence-corrected chi connectivity index (χ0v) is 10.8. The van der Waals surface area contributed by atoms with E-state index in [1.54, 1.807) is 24.3 Å². The Kier molecular flexibility index (Phi) is 3.88. The number of hydroxylamine groups is 2. The van der Waals surface area contributed by atoms with E-state index in [0.29, 0.717) is 9.83 Å². The average molecular weight is 281 g/mol. The van der Waals surface area contributed by atoms with Crippen LogP contribution in [0.25, 0.3) is 5.69 Å². The number of nitrogens with one attached hydrogen (secondary N) is 1. The first kappa shape index (κ1) is 13.2. The molecule has 0 atom stereocenters. The van der Waals surface area contributed by atoms with Gasteiger partial charge in [0.05, 0.1) is 5.69 Å². The minimum absolute atomic E-state index is 0.0342. The lowest BCUT2D eigenvalue weighted by atomic mass is 10.2. The van der Waals surface area contributed by atoms with Crippen LogP contribution < -0.4 is 0 Å². The van der Waals surface area contributed by atoms with Crippen molar-refractivity contribution in [2.24, 2.45) is 0 Å². The van der Waals surface area contributed by atoms with E-state index >= 15 is 0 Å². The molecule has 2 rings (SSSR count). The number of aromatic amines is 1. The summed E-state index contributed by atoms with van der Waals surface area (Å²) in [6.07, 6.45) is -0.828. The van der Waals surface area contributed by atoms with Crippen molar-refractivity contribution in [3.63, 3.8) is 0 Å². The molecule has 1 aromatic carbocycles. The number of benzene rings is 1. The molecule has 0 saturated carbocycles. The van der Waals surface area contributed by atoms with Crippen LogP contribution in [0.1, 0.15) is 5.56 Å². The van der Waals surface area contributed by atoms with Crippen LogP contribution in [-0.4, -0.2) is 43.6 Å². The largest absolute Gasteiger partial charge is 0.443 e. The summed E-state index contributed by atoms with van der Waals surface area (Å²) in [4.78, 5) is 11.1. The summed E-state index contributed by atoms with van der Waals surface area (Å²) in [5, 5.41) is 19.1. The number of nitrogens with zero attached hydrogens (tertiary/aromatic N) is 4. The molecule has 1 amide bonds. The summed E-state index contributed by atoms with van der Waals surface area (Å²) in [5.41, 5.74) is 1.46. The second-order valence-electron chi connectivity index (χ2n) is 3.67. The van der Waals surface area contributed by atoms with Crippen molar-refractivity contribution >= 4 is 18.3 Å². The van der Waals surface area contributed by atoms with Gasteiger partial charge in [0.15, 0.2) is 0 Å². The molecule has 0 aliphatic rings. The molecule has 8 nitrogen and oxygen atoms in total. The minimum atomic E-state index is -0.828. The van der Waals surface area contributed by atoms with Gasteiger partial charge in [-0.3, -0.25) is 5.21 Å². The second-order valence-corrected chi connectivity index (χ2v) is 4.03. The number of carbonyl (C=O) groups excluding carboxylic acids is 1. The van der Waals surface area contributed by atoms with Crippen LogP contribution in [0.4, 0.5) is 4.79 Å². The highest BCUT2D eigenvalue weighted by atomic mass is 32.1. The van der Waals surface area contributed by atoms with Gasteiger partial charge in [0.2, 0.25) is 4.77 Å². The quantitative estimate of drug-likeness (QED) is 0.500. The molecule has 0 aliphatic carbocycles. The van der Waals surface area contributed by atoms with Crippen LogP contribution in [0.3, 0.4) is 0 Å². The number of aromatic nitrogens is 4. The molecule has 0 unspecified atom stereocenters. The van der Waals surface area contributed by atoms with Gasteiger partial charge >= 0.3 is 6.09 Å². The fourth-order valence-corrected chi connectivity index (χ4v) is 1.58. The molecule has 100 valence electrons. The summed E-state index contributed by atoms with van der Waals surface area (Å²) in [7, 11) is 1.19. The van der Waals surface area contributed by atoms with Gasteiger partial charge in [-0.15, -0.1) is 0 Å². The van der Waals surface area contributed by atoms with Crippen LogP contribution in [0.15, 0.2) is 24.3 Å². The van der Waals surface area contributed by atoms with Crippen molar-refractivity contribution in [2.45, 2.75) is 6.61 Å². The highest BCUT2D eigenvalue weighted by Crippen LogP contribution is 2.10. The molecule has 1 aromatic heterocycles. The molecule has 9 heteroatoms. The maximum absolute atomic E-state index is 11.1. The van der Waals surface area contributed by atoms with Crippen LogP contribution in [0, 0.1) is 4.77 Å². The number of H-pyrrole nitrogens is 1.